The molecule has 1 aromatic rings. The molecule has 0 spiro atoms. The summed E-state index contributed by atoms with van der Waals surface area (Å²) in [5, 5.41) is 0.363. The van der Waals surface area contributed by atoms with Gasteiger partial charge >= 0.3 is 5.97 Å². The number of anilines is 1. The van der Waals surface area contributed by atoms with Crippen molar-refractivity contribution >= 4 is 40.2 Å². The van der Waals surface area contributed by atoms with Gasteiger partial charge in [0.15, 0.2) is 0 Å². The van der Waals surface area contributed by atoms with E-state index in [0.717, 1.165) is 4.88 Å². The van der Waals surface area contributed by atoms with Gasteiger partial charge in [-0.1, -0.05) is 36.9 Å². The fourth-order valence-corrected chi connectivity index (χ4v) is 2.49. The first-order valence-corrected chi connectivity index (χ1v) is 5.86. The average molecular weight is 270 g/mol. The standard InChI is InChI=1S/C12H12ClNO2S/c1-4-5-8(7(2)13)10-6-9(14)11(17-10)12(15)16-3/h4-6H,1-2,14H2,3H3/b8-5+. The van der Waals surface area contributed by atoms with E-state index < -0.39 is 5.97 Å². The number of ether oxygens (including phenoxy) is 1. The van der Waals surface area contributed by atoms with Gasteiger partial charge in [-0.15, -0.1) is 11.3 Å². The van der Waals surface area contributed by atoms with E-state index in [2.05, 4.69) is 17.9 Å². The average Bonchev–Trinajstić information content (AvgIpc) is 2.66. The molecule has 3 nitrogen and oxygen atoms in total. The highest BCUT2D eigenvalue weighted by atomic mass is 35.5. The van der Waals surface area contributed by atoms with Crippen LogP contribution in [0.5, 0.6) is 0 Å². The highest BCUT2D eigenvalue weighted by Crippen LogP contribution is 2.34. The number of nitrogens with two attached hydrogens (primary N) is 1. The van der Waals surface area contributed by atoms with Crippen LogP contribution in [0.1, 0.15) is 14.5 Å². The Bertz CT molecular complexity index is 503. The number of nitrogen functional groups attached to an aromatic ring is 1. The molecule has 0 atom stereocenters. The van der Waals surface area contributed by atoms with Gasteiger partial charge in [0, 0.05) is 15.5 Å². The predicted octanol–water partition coefficient (Wildman–Crippen LogP) is 3.44. The van der Waals surface area contributed by atoms with Gasteiger partial charge < -0.3 is 10.5 Å². The van der Waals surface area contributed by atoms with Gasteiger partial charge in [-0.3, -0.25) is 0 Å². The van der Waals surface area contributed by atoms with Crippen molar-refractivity contribution in [2.75, 3.05) is 12.8 Å². The first-order valence-electron chi connectivity index (χ1n) is 4.66. The molecule has 0 aromatic carbocycles. The molecule has 2 N–H and O–H groups in total. The summed E-state index contributed by atoms with van der Waals surface area (Å²) in [4.78, 5) is 12.5. The van der Waals surface area contributed by atoms with Gasteiger partial charge in [-0.25, -0.2) is 4.79 Å². The Kier molecular flexibility index (Phi) is 4.54. The summed E-state index contributed by atoms with van der Waals surface area (Å²) in [5.74, 6) is -0.461. The second-order valence-electron chi connectivity index (χ2n) is 3.11. The van der Waals surface area contributed by atoms with Crippen LogP contribution in [0.25, 0.3) is 5.57 Å². The van der Waals surface area contributed by atoms with Crippen molar-refractivity contribution < 1.29 is 9.53 Å². The van der Waals surface area contributed by atoms with Crippen LogP contribution in [-0.4, -0.2) is 13.1 Å². The van der Waals surface area contributed by atoms with Crippen LogP contribution in [0.4, 0.5) is 5.69 Å². The maximum atomic E-state index is 11.4. The van der Waals surface area contributed by atoms with Crippen molar-refractivity contribution in [3.63, 3.8) is 0 Å². The van der Waals surface area contributed by atoms with Crippen LogP contribution in [0.15, 0.2) is 36.4 Å². The van der Waals surface area contributed by atoms with Crippen LogP contribution in [0.3, 0.4) is 0 Å². The number of thiophene rings is 1. The van der Waals surface area contributed by atoms with E-state index in [1.54, 1.807) is 18.2 Å². The lowest BCUT2D eigenvalue weighted by atomic mass is 10.2. The quantitative estimate of drug-likeness (QED) is 0.673. The zero-order chi connectivity index (χ0) is 13.0. The monoisotopic (exact) mass is 269 g/mol. The van der Waals surface area contributed by atoms with Gasteiger partial charge in [-0.2, -0.15) is 0 Å². The normalized spacial score (nSPS) is 11.1. The molecule has 0 fully saturated rings. The Morgan fingerprint density at radius 2 is 2.29 bits per heavy atom. The van der Waals surface area contributed by atoms with Crippen molar-refractivity contribution in [1.82, 2.24) is 0 Å². The fourth-order valence-electron chi connectivity index (χ4n) is 1.21. The van der Waals surface area contributed by atoms with Gasteiger partial charge in [0.25, 0.3) is 0 Å². The number of allylic oxidation sites excluding steroid dienone is 4. The molecule has 0 unspecified atom stereocenters. The number of esters is 1. The number of carbonyl (C=O) groups excluding carboxylic acids is 1. The van der Waals surface area contributed by atoms with E-state index in [0.29, 0.717) is 21.2 Å². The number of hydrogen-bond acceptors (Lipinski definition) is 4. The fraction of sp³-hybridized carbons (Fsp3) is 0.0833. The third-order valence-electron chi connectivity index (χ3n) is 1.97. The van der Waals surface area contributed by atoms with Crippen molar-refractivity contribution in [1.29, 1.82) is 0 Å². The predicted molar refractivity (Wildman–Crippen MR) is 73.2 cm³/mol. The minimum absolute atomic E-state index is 0.357. The molecule has 1 heterocycles. The summed E-state index contributed by atoms with van der Waals surface area (Å²) in [6.45, 7) is 7.25. The minimum Gasteiger partial charge on any atom is -0.465 e. The molecule has 17 heavy (non-hydrogen) atoms. The molecule has 0 saturated heterocycles. The van der Waals surface area contributed by atoms with Crippen LogP contribution in [0.2, 0.25) is 0 Å². The van der Waals surface area contributed by atoms with Crippen LogP contribution >= 0.6 is 22.9 Å². The third-order valence-corrected chi connectivity index (χ3v) is 3.34. The molecule has 90 valence electrons. The van der Waals surface area contributed by atoms with E-state index >= 15 is 0 Å². The van der Waals surface area contributed by atoms with E-state index in [1.807, 2.05) is 0 Å². The summed E-state index contributed by atoms with van der Waals surface area (Å²) in [7, 11) is 1.31. The number of carbonyl (C=O) groups is 1. The molecule has 5 heteroatoms. The second-order valence-corrected chi connectivity index (χ2v) is 4.62. The first kappa shape index (κ1) is 13.5. The van der Waals surface area contributed by atoms with Gasteiger partial charge in [-0.05, 0) is 6.07 Å². The molecule has 0 aliphatic rings. The van der Waals surface area contributed by atoms with E-state index in [1.165, 1.54) is 18.4 Å². The molecule has 0 radical (unpaired) electrons. The molecule has 1 aromatic heterocycles. The van der Waals surface area contributed by atoms with Gasteiger partial charge in [0.1, 0.15) is 4.88 Å². The van der Waals surface area contributed by atoms with Crippen LogP contribution in [0, 0.1) is 0 Å². The minimum atomic E-state index is -0.461. The molecule has 0 amide bonds. The second kappa shape index (κ2) is 5.70. The van der Waals surface area contributed by atoms with Crippen molar-refractivity contribution in [2.24, 2.45) is 0 Å². The van der Waals surface area contributed by atoms with Gasteiger partial charge in [0.2, 0.25) is 0 Å². The highest BCUT2D eigenvalue weighted by molar-refractivity contribution is 7.15. The van der Waals surface area contributed by atoms with Gasteiger partial charge in [0.05, 0.1) is 12.8 Å². The summed E-state index contributed by atoms with van der Waals surface area (Å²) >= 11 is 7.08. The Hall–Kier alpha value is -1.52. The molecule has 1 rings (SSSR count). The topological polar surface area (TPSA) is 52.3 Å². The van der Waals surface area contributed by atoms with E-state index in [-0.39, 0.29) is 0 Å². The Labute approximate surface area is 109 Å². The van der Waals surface area contributed by atoms with Crippen LogP contribution < -0.4 is 5.73 Å². The smallest absolute Gasteiger partial charge is 0.350 e. The van der Waals surface area contributed by atoms with E-state index in [9.17, 15) is 4.79 Å². The molecule has 0 aliphatic heterocycles. The molecule has 0 aliphatic carbocycles. The maximum Gasteiger partial charge on any atom is 0.350 e. The third kappa shape index (κ3) is 2.99. The Morgan fingerprint density at radius 1 is 1.65 bits per heavy atom. The molecule has 0 saturated carbocycles. The lowest BCUT2D eigenvalue weighted by Crippen LogP contribution is -2.00. The highest BCUT2D eigenvalue weighted by Gasteiger charge is 2.17. The summed E-state index contributed by atoms with van der Waals surface area (Å²) < 4.78 is 4.63. The SMILES string of the molecule is C=C/C=C(\C(=C)Cl)c1cc(N)c(C(=O)OC)s1. The van der Waals surface area contributed by atoms with Crippen LogP contribution in [-0.2, 0) is 4.74 Å². The van der Waals surface area contributed by atoms with Crippen molar-refractivity contribution in [3.8, 4) is 0 Å². The Morgan fingerprint density at radius 3 is 2.76 bits per heavy atom. The number of hydrogen-bond donors (Lipinski definition) is 1. The Balaban J connectivity index is 3.24. The molecule has 0 bridgehead atoms. The molecular weight excluding hydrogens is 258 g/mol. The zero-order valence-electron chi connectivity index (χ0n) is 9.33. The number of methoxy groups -OCH3 is 1. The largest absolute Gasteiger partial charge is 0.465 e. The maximum absolute atomic E-state index is 11.4. The molecular formula is C12H12ClNO2S. The number of halogens is 1. The first-order chi connectivity index (χ1) is 8.01. The zero-order valence-corrected chi connectivity index (χ0v) is 10.9. The number of rotatable bonds is 4. The van der Waals surface area contributed by atoms with Crippen molar-refractivity contribution in [2.45, 2.75) is 0 Å². The lowest BCUT2D eigenvalue weighted by molar-refractivity contribution is 0.0607. The van der Waals surface area contributed by atoms with E-state index in [4.69, 9.17) is 17.3 Å². The summed E-state index contributed by atoms with van der Waals surface area (Å²) in [6.07, 6.45) is 3.30. The van der Waals surface area contributed by atoms with Crippen molar-refractivity contribution in [3.05, 3.63) is 46.2 Å². The summed E-state index contributed by atoms with van der Waals surface area (Å²) in [6, 6.07) is 1.67. The lowest BCUT2D eigenvalue weighted by Gasteiger charge is -1.99. The summed E-state index contributed by atoms with van der Waals surface area (Å²) in [5.41, 5.74) is 6.79.